The number of hydrogen-bond donors (Lipinski definition) is 2. The summed E-state index contributed by atoms with van der Waals surface area (Å²) in [6, 6.07) is 4.13. The second-order valence-electron chi connectivity index (χ2n) is 7.48. The predicted molar refractivity (Wildman–Crippen MR) is 109 cm³/mol. The molecule has 1 aliphatic heterocycles. The zero-order chi connectivity index (χ0) is 21.6. The molecule has 0 bridgehead atoms. The minimum Gasteiger partial charge on any atom is -0.490 e. The van der Waals surface area contributed by atoms with Crippen molar-refractivity contribution in [1.82, 2.24) is 14.9 Å². The average molecular weight is 440 g/mol. The zero-order valence-corrected chi connectivity index (χ0v) is 17.4. The van der Waals surface area contributed by atoms with E-state index in [-0.39, 0.29) is 43.5 Å². The van der Waals surface area contributed by atoms with E-state index in [4.69, 9.17) is 4.74 Å². The molecule has 3 rings (SSSR count). The average Bonchev–Trinajstić information content (AvgIpc) is 3.45. The molecule has 0 unspecified atom stereocenters. The highest BCUT2D eigenvalue weighted by atomic mass is 32.2. The van der Waals surface area contributed by atoms with Crippen LogP contribution in [0.3, 0.4) is 0 Å². The van der Waals surface area contributed by atoms with E-state index >= 15 is 0 Å². The number of sulfonamides is 1. The van der Waals surface area contributed by atoms with E-state index in [0.717, 1.165) is 18.4 Å². The molecule has 3 amide bonds. The fraction of sp³-hybridized carbons (Fsp3) is 0.500. The molecule has 0 spiro atoms. The van der Waals surface area contributed by atoms with Crippen LogP contribution >= 0.6 is 0 Å². The Bertz CT molecular complexity index is 915. The molecular formula is C20H26FN3O5S. The molecule has 1 aliphatic carbocycles. The van der Waals surface area contributed by atoms with Gasteiger partial charge in [-0.1, -0.05) is 18.2 Å². The highest BCUT2D eigenvalue weighted by Crippen LogP contribution is 2.30. The first-order chi connectivity index (χ1) is 14.3. The molecule has 2 aliphatic rings. The number of nitrogens with zero attached hydrogens (tertiary/aromatic N) is 1. The summed E-state index contributed by atoms with van der Waals surface area (Å²) in [6.45, 7) is 0.982. The molecule has 1 aromatic rings. The standard InChI is InChI=1S/C20H26FN3O5S/c21-17-7-6-15(12-18(17)29-14-16-4-5-16)8-9-22-30(27,28)11-3-1-2-10-24-13-19(25)23-20(24)26/h1-2,6-7,12,16,22H,3-5,8-11,13-14H2,(H,23,25,26)/b2-1+. The summed E-state index contributed by atoms with van der Waals surface area (Å²) in [5, 5.41) is 2.17. The van der Waals surface area contributed by atoms with Crippen LogP contribution in [0.2, 0.25) is 0 Å². The molecule has 1 saturated carbocycles. The minimum atomic E-state index is -3.46. The van der Waals surface area contributed by atoms with Crippen LogP contribution in [0.15, 0.2) is 30.4 Å². The molecular weight excluding hydrogens is 413 g/mol. The molecule has 0 atom stereocenters. The topological polar surface area (TPSA) is 105 Å². The zero-order valence-electron chi connectivity index (χ0n) is 16.6. The van der Waals surface area contributed by atoms with Gasteiger partial charge in [0.05, 0.1) is 12.4 Å². The SMILES string of the molecule is O=C1CN(C/C=C/CCS(=O)(=O)NCCc2ccc(F)c(OCC3CC3)c2)C(=O)N1. The lowest BCUT2D eigenvalue weighted by atomic mass is 10.1. The summed E-state index contributed by atoms with van der Waals surface area (Å²) < 4.78 is 46.0. The Morgan fingerprint density at radius 3 is 2.77 bits per heavy atom. The van der Waals surface area contributed by atoms with Crippen molar-refractivity contribution >= 4 is 22.0 Å². The Balaban J connectivity index is 1.36. The van der Waals surface area contributed by atoms with Gasteiger partial charge in [-0.05, 0) is 49.3 Å². The van der Waals surface area contributed by atoms with Gasteiger partial charge in [-0.25, -0.2) is 22.3 Å². The number of allylic oxidation sites excluding steroid dienone is 1. The van der Waals surface area contributed by atoms with E-state index in [1.807, 2.05) is 0 Å². The Morgan fingerprint density at radius 2 is 2.07 bits per heavy atom. The van der Waals surface area contributed by atoms with Crippen LogP contribution in [-0.4, -0.2) is 57.3 Å². The molecule has 0 radical (unpaired) electrons. The van der Waals surface area contributed by atoms with Gasteiger partial charge in [0.25, 0.3) is 0 Å². The molecule has 2 fully saturated rings. The van der Waals surface area contributed by atoms with E-state index in [1.165, 1.54) is 11.0 Å². The number of halogens is 1. The molecule has 30 heavy (non-hydrogen) atoms. The summed E-state index contributed by atoms with van der Waals surface area (Å²) >= 11 is 0. The van der Waals surface area contributed by atoms with Gasteiger partial charge >= 0.3 is 6.03 Å². The largest absolute Gasteiger partial charge is 0.490 e. The van der Waals surface area contributed by atoms with Crippen molar-refractivity contribution in [2.24, 2.45) is 5.92 Å². The second kappa shape index (κ2) is 10.0. The molecule has 1 saturated heterocycles. The van der Waals surface area contributed by atoms with Crippen LogP contribution < -0.4 is 14.8 Å². The van der Waals surface area contributed by atoms with Crippen molar-refractivity contribution < 1.29 is 27.1 Å². The first-order valence-electron chi connectivity index (χ1n) is 9.95. The number of rotatable bonds is 12. The number of carbonyl (C=O) groups is 2. The number of ether oxygens (including phenoxy) is 1. The predicted octanol–water partition coefficient (Wildman–Crippen LogP) is 1.57. The smallest absolute Gasteiger partial charge is 0.324 e. The van der Waals surface area contributed by atoms with Gasteiger partial charge in [-0.15, -0.1) is 0 Å². The summed E-state index contributed by atoms with van der Waals surface area (Å²) in [4.78, 5) is 23.8. The molecule has 2 N–H and O–H groups in total. The maximum atomic E-state index is 13.8. The van der Waals surface area contributed by atoms with Crippen molar-refractivity contribution in [3.63, 3.8) is 0 Å². The van der Waals surface area contributed by atoms with Crippen molar-refractivity contribution in [3.8, 4) is 5.75 Å². The van der Waals surface area contributed by atoms with Gasteiger partial charge in [-0.2, -0.15) is 0 Å². The van der Waals surface area contributed by atoms with Crippen molar-refractivity contribution in [3.05, 3.63) is 41.7 Å². The lowest BCUT2D eigenvalue weighted by Gasteiger charge is -2.10. The van der Waals surface area contributed by atoms with Crippen LogP contribution in [0.25, 0.3) is 0 Å². The normalized spacial score (nSPS) is 17.0. The summed E-state index contributed by atoms with van der Waals surface area (Å²) in [5.74, 6) is -0.122. The molecule has 1 aromatic carbocycles. The lowest BCUT2D eigenvalue weighted by Crippen LogP contribution is -2.28. The number of benzene rings is 1. The number of nitrogens with one attached hydrogen (secondary N) is 2. The van der Waals surface area contributed by atoms with Crippen LogP contribution in [0, 0.1) is 11.7 Å². The van der Waals surface area contributed by atoms with E-state index in [2.05, 4.69) is 10.0 Å². The van der Waals surface area contributed by atoms with Gasteiger partial charge in [0.1, 0.15) is 6.54 Å². The van der Waals surface area contributed by atoms with E-state index in [9.17, 15) is 22.4 Å². The van der Waals surface area contributed by atoms with Gasteiger partial charge in [-0.3, -0.25) is 10.1 Å². The monoisotopic (exact) mass is 439 g/mol. The van der Waals surface area contributed by atoms with E-state index in [0.29, 0.717) is 18.9 Å². The van der Waals surface area contributed by atoms with Crippen molar-refractivity contribution in [2.45, 2.75) is 25.7 Å². The Morgan fingerprint density at radius 1 is 1.27 bits per heavy atom. The third-order valence-corrected chi connectivity index (χ3v) is 6.23. The lowest BCUT2D eigenvalue weighted by molar-refractivity contribution is -0.118. The van der Waals surface area contributed by atoms with Gasteiger partial charge in [0, 0.05) is 13.1 Å². The fourth-order valence-corrected chi connectivity index (χ4v) is 3.91. The molecule has 164 valence electrons. The maximum Gasteiger partial charge on any atom is 0.324 e. The Kier molecular flexibility index (Phi) is 7.43. The fourth-order valence-electron chi connectivity index (χ4n) is 2.90. The molecule has 1 heterocycles. The number of imide groups is 1. The first kappa shape index (κ1) is 22.2. The van der Waals surface area contributed by atoms with E-state index in [1.54, 1.807) is 24.3 Å². The number of hydrogen-bond acceptors (Lipinski definition) is 5. The highest BCUT2D eigenvalue weighted by molar-refractivity contribution is 7.89. The van der Waals surface area contributed by atoms with Gasteiger partial charge in [0.15, 0.2) is 11.6 Å². The van der Waals surface area contributed by atoms with Crippen LogP contribution in [-0.2, 0) is 21.2 Å². The van der Waals surface area contributed by atoms with Gasteiger partial charge < -0.3 is 9.64 Å². The first-order valence-corrected chi connectivity index (χ1v) is 11.6. The third-order valence-electron chi connectivity index (χ3n) is 4.82. The Hall–Kier alpha value is -2.46. The van der Waals surface area contributed by atoms with E-state index < -0.39 is 21.9 Å². The number of urea groups is 1. The van der Waals surface area contributed by atoms with Crippen molar-refractivity contribution in [2.75, 3.05) is 32.0 Å². The van der Waals surface area contributed by atoms with Crippen LogP contribution in [0.5, 0.6) is 5.75 Å². The quantitative estimate of drug-likeness (QED) is 0.380. The Labute approximate surface area is 175 Å². The van der Waals surface area contributed by atoms with Crippen molar-refractivity contribution in [1.29, 1.82) is 0 Å². The minimum absolute atomic E-state index is 0.0136. The van der Waals surface area contributed by atoms with Crippen LogP contribution in [0.4, 0.5) is 9.18 Å². The summed E-state index contributed by atoms with van der Waals surface area (Å²) in [6.07, 6.45) is 6.27. The molecule has 10 heteroatoms. The second-order valence-corrected chi connectivity index (χ2v) is 9.40. The molecule has 0 aromatic heterocycles. The van der Waals surface area contributed by atoms with Gasteiger partial charge in [0.2, 0.25) is 15.9 Å². The molecule has 8 nitrogen and oxygen atoms in total. The maximum absolute atomic E-state index is 13.8. The summed E-state index contributed by atoms with van der Waals surface area (Å²) in [5.41, 5.74) is 0.795. The third kappa shape index (κ3) is 7.10. The van der Waals surface area contributed by atoms with Crippen LogP contribution in [0.1, 0.15) is 24.8 Å². The summed E-state index contributed by atoms with van der Waals surface area (Å²) in [7, 11) is -3.46. The number of amides is 3. The number of carbonyl (C=O) groups excluding carboxylic acids is 2. The highest BCUT2D eigenvalue weighted by Gasteiger charge is 2.25.